The van der Waals surface area contributed by atoms with Crippen molar-refractivity contribution in [1.82, 2.24) is 0 Å². The summed E-state index contributed by atoms with van der Waals surface area (Å²) in [7, 11) is 0. The van der Waals surface area contributed by atoms with Crippen LogP contribution in [-0.2, 0) is 11.6 Å². The highest BCUT2D eigenvalue weighted by atomic mass is 35.5. The van der Waals surface area contributed by atoms with Crippen LogP contribution in [0.1, 0.15) is 42.5 Å². The highest BCUT2D eigenvalue weighted by Crippen LogP contribution is 2.39. The minimum atomic E-state index is -5.04. The van der Waals surface area contributed by atoms with E-state index in [1.54, 1.807) is 12.1 Å². The molecule has 10 heteroatoms. The van der Waals surface area contributed by atoms with Gasteiger partial charge in [-0.1, -0.05) is 56.1 Å². The van der Waals surface area contributed by atoms with Gasteiger partial charge in [0.1, 0.15) is 17.1 Å². The Morgan fingerprint density at radius 1 is 0.865 bits per heavy atom. The van der Waals surface area contributed by atoms with Gasteiger partial charge >= 0.3 is 12.1 Å². The van der Waals surface area contributed by atoms with Crippen molar-refractivity contribution in [3.05, 3.63) is 97.8 Å². The van der Waals surface area contributed by atoms with E-state index in [9.17, 15) is 22.8 Å². The number of ether oxygens (including phenoxy) is 2. The number of hydrogen-bond donors (Lipinski definition) is 0. The molecule has 0 aliphatic heterocycles. The third-order valence-electron chi connectivity index (χ3n) is 5.39. The molecule has 1 aromatic heterocycles. The molecule has 0 atom stereocenters. The molecule has 0 saturated heterocycles. The van der Waals surface area contributed by atoms with Crippen LogP contribution in [-0.4, -0.2) is 5.97 Å². The van der Waals surface area contributed by atoms with Crippen LogP contribution in [0.4, 0.5) is 13.2 Å². The Morgan fingerprint density at radius 3 is 2.11 bits per heavy atom. The van der Waals surface area contributed by atoms with E-state index in [2.05, 4.69) is 0 Å². The molecule has 192 valence electrons. The van der Waals surface area contributed by atoms with Gasteiger partial charge in [-0.25, -0.2) is 4.79 Å². The van der Waals surface area contributed by atoms with E-state index >= 15 is 0 Å². The van der Waals surface area contributed by atoms with Crippen LogP contribution in [0.3, 0.4) is 0 Å². The van der Waals surface area contributed by atoms with Crippen molar-refractivity contribution in [1.29, 1.82) is 0 Å². The van der Waals surface area contributed by atoms with Crippen molar-refractivity contribution in [3.8, 4) is 17.2 Å². The van der Waals surface area contributed by atoms with Crippen LogP contribution < -0.4 is 14.9 Å². The second kappa shape index (κ2) is 9.76. The molecule has 0 saturated carbocycles. The first-order valence-corrected chi connectivity index (χ1v) is 11.6. The van der Waals surface area contributed by atoms with E-state index in [0.717, 1.165) is 11.6 Å². The first-order chi connectivity index (χ1) is 17.2. The number of carbonyl (C=O) groups excluding carboxylic acids is 1. The maximum Gasteiger partial charge on any atom is 0.453 e. The first kappa shape index (κ1) is 26.6. The van der Waals surface area contributed by atoms with Crippen molar-refractivity contribution in [3.63, 3.8) is 0 Å². The summed E-state index contributed by atoms with van der Waals surface area (Å²) in [5, 5.41) is 0.160. The summed E-state index contributed by atoms with van der Waals surface area (Å²) >= 11 is 11.7. The van der Waals surface area contributed by atoms with Crippen molar-refractivity contribution in [2.45, 2.75) is 32.4 Å². The number of rotatable bonds is 4. The average Bonchev–Trinajstić information content (AvgIpc) is 2.81. The van der Waals surface area contributed by atoms with Gasteiger partial charge < -0.3 is 13.9 Å². The minimum absolute atomic E-state index is 0.0392. The molecule has 0 amide bonds. The van der Waals surface area contributed by atoms with Gasteiger partial charge in [0, 0.05) is 6.07 Å². The van der Waals surface area contributed by atoms with Crippen LogP contribution in [0.25, 0.3) is 11.0 Å². The lowest BCUT2D eigenvalue weighted by atomic mass is 9.87. The summed E-state index contributed by atoms with van der Waals surface area (Å²) in [5.74, 6) is -3.56. The first-order valence-electron chi connectivity index (χ1n) is 10.9. The van der Waals surface area contributed by atoms with Gasteiger partial charge in [0.05, 0.1) is 21.0 Å². The van der Waals surface area contributed by atoms with E-state index in [4.69, 9.17) is 37.1 Å². The Balaban J connectivity index is 1.71. The predicted octanol–water partition coefficient (Wildman–Crippen LogP) is 8.43. The topological polar surface area (TPSA) is 65.7 Å². The quantitative estimate of drug-likeness (QED) is 0.188. The highest BCUT2D eigenvalue weighted by Gasteiger charge is 2.40. The number of carbonyl (C=O) groups is 1. The standard InChI is InChI=1S/C27H19Cl2F3O5/c1-26(2,3)15-5-7-16(8-6-15)35-23-22(33)18-10-9-17(13-21(18)37-24(23)27(30,31)32)36-25(34)14-4-11-19(28)20(29)12-14/h4-13H,1-3H3. The maximum atomic E-state index is 13.9. The van der Waals surface area contributed by atoms with Gasteiger partial charge in [0.15, 0.2) is 0 Å². The number of alkyl halides is 3. The lowest BCUT2D eigenvalue weighted by molar-refractivity contribution is -0.154. The smallest absolute Gasteiger partial charge is 0.449 e. The summed E-state index contributed by atoms with van der Waals surface area (Å²) < 4.78 is 57.3. The summed E-state index contributed by atoms with van der Waals surface area (Å²) in [4.78, 5) is 25.5. The molecule has 0 unspecified atom stereocenters. The Morgan fingerprint density at radius 2 is 1.51 bits per heavy atom. The fourth-order valence-corrected chi connectivity index (χ4v) is 3.73. The molecule has 0 bridgehead atoms. The van der Waals surface area contributed by atoms with Gasteiger partial charge in [0.25, 0.3) is 5.76 Å². The molecule has 4 rings (SSSR count). The third-order valence-corrected chi connectivity index (χ3v) is 6.12. The molecule has 0 fully saturated rings. The van der Waals surface area contributed by atoms with E-state index < -0.39 is 34.7 Å². The largest absolute Gasteiger partial charge is 0.453 e. The fraction of sp³-hybridized carbons (Fsp3) is 0.185. The van der Waals surface area contributed by atoms with Gasteiger partial charge in [0.2, 0.25) is 11.2 Å². The summed E-state index contributed by atoms with van der Waals surface area (Å²) in [6, 6.07) is 13.9. The zero-order valence-electron chi connectivity index (χ0n) is 19.7. The molecule has 0 aliphatic rings. The number of hydrogen-bond acceptors (Lipinski definition) is 5. The number of benzene rings is 3. The molecule has 0 spiro atoms. The van der Waals surface area contributed by atoms with Crippen LogP contribution >= 0.6 is 23.2 Å². The molecular formula is C27H19Cl2F3O5. The van der Waals surface area contributed by atoms with Crippen molar-refractivity contribution < 1.29 is 31.9 Å². The zero-order valence-corrected chi connectivity index (χ0v) is 21.2. The maximum absolute atomic E-state index is 13.9. The van der Waals surface area contributed by atoms with Gasteiger partial charge in [-0.2, -0.15) is 13.2 Å². The molecule has 3 aromatic carbocycles. The summed E-state index contributed by atoms with van der Waals surface area (Å²) in [6.07, 6.45) is -5.04. The number of esters is 1. The average molecular weight is 551 g/mol. The fourth-order valence-electron chi connectivity index (χ4n) is 3.43. The molecule has 0 radical (unpaired) electrons. The Bertz CT molecular complexity index is 1550. The molecule has 37 heavy (non-hydrogen) atoms. The number of fused-ring (bicyclic) bond motifs is 1. The molecule has 0 N–H and O–H groups in total. The van der Waals surface area contributed by atoms with Gasteiger partial charge in [-0.3, -0.25) is 4.79 Å². The van der Waals surface area contributed by atoms with Gasteiger partial charge in [-0.05, 0) is 53.4 Å². The van der Waals surface area contributed by atoms with E-state index in [1.807, 2.05) is 20.8 Å². The minimum Gasteiger partial charge on any atom is -0.449 e. The second-order valence-corrected chi connectivity index (χ2v) is 9.95. The molecule has 0 aliphatic carbocycles. The van der Waals surface area contributed by atoms with Crippen molar-refractivity contribution in [2.75, 3.05) is 0 Å². The highest BCUT2D eigenvalue weighted by molar-refractivity contribution is 6.42. The van der Waals surface area contributed by atoms with E-state index in [1.165, 1.54) is 42.5 Å². The lowest BCUT2D eigenvalue weighted by Gasteiger charge is -2.19. The SMILES string of the molecule is CC(C)(C)c1ccc(Oc2c(C(F)(F)F)oc3cc(OC(=O)c4ccc(Cl)c(Cl)c4)ccc3c2=O)cc1. The Hall–Kier alpha value is -3.49. The van der Waals surface area contributed by atoms with Crippen LogP contribution in [0.2, 0.25) is 10.0 Å². The van der Waals surface area contributed by atoms with Crippen molar-refractivity contribution in [2.24, 2.45) is 0 Å². The van der Waals surface area contributed by atoms with E-state index in [0.29, 0.717) is 0 Å². The van der Waals surface area contributed by atoms with Crippen molar-refractivity contribution >= 4 is 40.1 Å². The monoisotopic (exact) mass is 550 g/mol. The molecule has 1 heterocycles. The molecule has 5 nitrogen and oxygen atoms in total. The molecular weight excluding hydrogens is 532 g/mol. The lowest BCUT2D eigenvalue weighted by Crippen LogP contribution is -2.16. The zero-order chi connectivity index (χ0) is 27.1. The predicted molar refractivity (Wildman–Crippen MR) is 134 cm³/mol. The van der Waals surface area contributed by atoms with Gasteiger partial charge in [-0.15, -0.1) is 0 Å². The normalized spacial score (nSPS) is 12.0. The van der Waals surface area contributed by atoms with Crippen LogP contribution in [0.15, 0.2) is 69.9 Å². The molecule has 4 aromatic rings. The second-order valence-electron chi connectivity index (χ2n) is 9.14. The van der Waals surface area contributed by atoms with Crippen LogP contribution in [0, 0.1) is 0 Å². The summed E-state index contributed by atoms with van der Waals surface area (Å²) in [5.41, 5.74) is -0.654. The Labute approximate surface area is 219 Å². The summed E-state index contributed by atoms with van der Waals surface area (Å²) in [6.45, 7) is 5.95. The number of halogens is 5. The van der Waals surface area contributed by atoms with E-state index in [-0.39, 0.29) is 37.9 Å². The Kier molecular flexibility index (Phi) is 7.01. The third kappa shape index (κ3) is 5.76. The van der Waals surface area contributed by atoms with Crippen LogP contribution in [0.5, 0.6) is 17.2 Å².